The van der Waals surface area contributed by atoms with Gasteiger partial charge in [0, 0.05) is 18.5 Å². The standard InChI is InChI=1S/C26H28N2O6/c29-23(30)15-33-10-9-27-24(31)26-12-16(26)11-17(13-26)28-25(32)34-14-22-20-7-3-1-5-18(20)19-6-2-4-8-21(19)22/h1-8,16-17,22H,9-15H2,(H,27,31)(H,28,32)(H,29,30). The summed E-state index contributed by atoms with van der Waals surface area (Å²) in [5, 5.41) is 14.4. The van der Waals surface area contributed by atoms with E-state index in [0.717, 1.165) is 12.8 Å². The second-order valence-electron chi connectivity index (χ2n) is 9.37. The maximum Gasteiger partial charge on any atom is 0.407 e. The van der Waals surface area contributed by atoms with Gasteiger partial charge in [0.05, 0.1) is 12.0 Å². The third kappa shape index (κ3) is 4.25. The van der Waals surface area contributed by atoms with E-state index < -0.39 is 17.5 Å². The lowest BCUT2D eigenvalue weighted by Gasteiger charge is -2.19. The first-order valence-electron chi connectivity index (χ1n) is 11.7. The smallest absolute Gasteiger partial charge is 0.407 e. The van der Waals surface area contributed by atoms with Crippen molar-refractivity contribution in [3.63, 3.8) is 0 Å². The average molecular weight is 465 g/mol. The number of carboxylic acid groups (broad SMARTS) is 1. The maximum absolute atomic E-state index is 12.6. The van der Waals surface area contributed by atoms with Gasteiger partial charge >= 0.3 is 12.1 Å². The summed E-state index contributed by atoms with van der Waals surface area (Å²) in [5.41, 5.74) is 4.27. The Hall–Kier alpha value is -3.39. The molecule has 3 unspecified atom stereocenters. The number of aliphatic carboxylic acids is 1. The number of carbonyl (C=O) groups excluding carboxylic acids is 2. The van der Waals surface area contributed by atoms with Crippen LogP contribution in [0.4, 0.5) is 4.79 Å². The first kappa shape index (κ1) is 22.4. The van der Waals surface area contributed by atoms with Gasteiger partial charge in [0.1, 0.15) is 13.2 Å². The number of fused-ring (bicyclic) bond motifs is 4. The zero-order valence-corrected chi connectivity index (χ0v) is 18.8. The fourth-order valence-electron chi connectivity index (χ4n) is 5.67. The number of alkyl carbamates (subject to hydrolysis) is 1. The Balaban J connectivity index is 1.10. The van der Waals surface area contributed by atoms with E-state index in [9.17, 15) is 14.4 Å². The van der Waals surface area contributed by atoms with E-state index in [1.165, 1.54) is 22.3 Å². The summed E-state index contributed by atoms with van der Waals surface area (Å²) in [6.45, 7) is 0.305. The van der Waals surface area contributed by atoms with Crippen molar-refractivity contribution in [2.45, 2.75) is 31.2 Å². The molecule has 3 aliphatic carbocycles. The molecule has 2 fully saturated rings. The lowest BCUT2D eigenvalue weighted by Crippen LogP contribution is -2.39. The summed E-state index contributed by atoms with van der Waals surface area (Å²) >= 11 is 0. The molecule has 5 rings (SSSR count). The van der Waals surface area contributed by atoms with E-state index in [4.69, 9.17) is 14.6 Å². The third-order valence-corrected chi connectivity index (χ3v) is 7.29. The molecule has 2 saturated carbocycles. The molecule has 2 aromatic rings. The largest absolute Gasteiger partial charge is 0.480 e. The fourth-order valence-corrected chi connectivity index (χ4v) is 5.67. The van der Waals surface area contributed by atoms with Crippen LogP contribution in [-0.2, 0) is 19.1 Å². The van der Waals surface area contributed by atoms with Crippen LogP contribution in [0.3, 0.4) is 0 Å². The van der Waals surface area contributed by atoms with Crippen LogP contribution in [0, 0.1) is 11.3 Å². The zero-order valence-electron chi connectivity index (χ0n) is 18.8. The maximum atomic E-state index is 12.6. The van der Waals surface area contributed by atoms with Gasteiger partial charge in [-0.3, -0.25) is 4.79 Å². The molecular weight excluding hydrogens is 436 g/mol. The molecule has 178 valence electrons. The fraction of sp³-hybridized carbons (Fsp3) is 0.423. The first-order chi connectivity index (χ1) is 16.5. The Morgan fingerprint density at radius 2 is 1.68 bits per heavy atom. The third-order valence-electron chi connectivity index (χ3n) is 7.29. The number of ether oxygens (including phenoxy) is 2. The molecule has 34 heavy (non-hydrogen) atoms. The molecule has 2 aromatic carbocycles. The SMILES string of the molecule is O=C(O)COCCNC(=O)C12CC(NC(=O)OCC3c4ccccc4-c4ccccc43)CC1C2. The van der Waals surface area contributed by atoms with Crippen LogP contribution in [0.5, 0.6) is 0 Å². The van der Waals surface area contributed by atoms with Crippen molar-refractivity contribution in [1.29, 1.82) is 0 Å². The summed E-state index contributed by atoms with van der Waals surface area (Å²) in [6.07, 6.45) is 1.71. The Kier molecular flexibility index (Phi) is 6.00. The summed E-state index contributed by atoms with van der Waals surface area (Å²) < 4.78 is 10.6. The number of hydrogen-bond donors (Lipinski definition) is 3. The predicted molar refractivity (Wildman–Crippen MR) is 123 cm³/mol. The first-order valence-corrected chi connectivity index (χ1v) is 11.7. The van der Waals surface area contributed by atoms with Crippen molar-refractivity contribution in [1.82, 2.24) is 10.6 Å². The highest BCUT2D eigenvalue weighted by molar-refractivity contribution is 5.87. The minimum atomic E-state index is -1.04. The summed E-state index contributed by atoms with van der Waals surface area (Å²) in [4.78, 5) is 35.7. The minimum absolute atomic E-state index is 0.00981. The molecule has 0 radical (unpaired) electrons. The molecule has 3 aliphatic rings. The molecule has 0 heterocycles. The Bertz CT molecular complexity index is 1070. The molecule has 8 heteroatoms. The second-order valence-corrected chi connectivity index (χ2v) is 9.37. The van der Waals surface area contributed by atoms with Crippen LogP contribution in [0.2, 0.25) is 0 Å². The van der Waals surface area contributed by atoms with Crippen LogP contribution in [0.25, 0.3) is 11.1 Å². The van der Waals surface area contributed by atoms with Crippen LogP contribution >= 0.6 is 0 Å². The zero-order chi connectivity index (χ0) is 23.7. The number of benzene rings is 2. The van der Waals surface area contributed by atoms with Crippen molar-refractivity contribution in [3.05, 3.63) is 59.7 Å². The van der Waals surface area contributed by atoms with Gasteiger partial charge in [0.2, 0.25) is 5.91 Å². The number of hydrogen-bond acceptors (Lipinski definition) is 5. The van der Waals surface area contributed by atoms with Crippen LogP contribution < -0.4 is 10.6 Å². The van der Waals surface area contributed by atoms with Gasteiger partial charge in [-0.25, -0.2) is 9.59 Å². The number of amides is 2. The molecule has 0 bridgehead atoms. The Morgan fingerprint density at radius 3 is 2.35 bits per heavy atom. The summed E-state index contributed by atoms with van der Waals surface area (Å²) in [5.74, 6) is -0.819. The highest BCUT2D eigenvalue weighted by atomic mass is 16.5. The highest BCUT2D eigenvalue weighted by Gasteiger charge is 2.65. The van der Waals surface area contributed by atoms with Crippen LogP contribution in [0.15, 0.2) is 48.5 Å². The van der Waals surface area contributed by atoms with Crippen molar-refractivity contribution >= 4 is 18.0 Å². The monoisotopic (exact) mass is 464 g/mol. The van der Waals surface area contributed by atoms with E-state index in [0.29, 0.717) is 6.42 Å². The van der Waals surface area contributed by atoms with Crippen molar-refractivity contribution in [3.8, 4) is 11.1 Å². The average Bonchev–Trinajstić information content (AvgIpc) is 3.25. The van der Waals surface area contributed by atoms with Gasteiger partial charge in [0.15, 0.2) is 0 Å². The molecule has 8 nitrogen and oxygen atoms in total. The Morgan fingerprint density at radius 1 is 1.00 bits per heavy atom. The molecule has 0 aromatic heterocycles. The molecule has 3 atom stereocenters. The molecule has 0 saturated heterocycles. The lowest BCUT2D eigenvalue weighted by molar-refractivity contribution is -0.142. The van der Waals surface area contributed by atoms with Gasteiger partial charge in [-0.2, -0.15) is 0 Å². The van der Waals surface area contributed by atoms with E-state index in [-0.39, 0.29) is 50.2 Å². The molecular formula is C26H28N2O6. The summed E-state index contributed by atoms with van der Waals surface area (Å²) in [7, 11) is 0. The molecule has 3 N–H and O–H groups in total. The Labute approximate surface area is 197 Å². The van der Waals surface area contributed by atoms with Gasteiger partial charge < -0.3 is 25.2 Å². The predicted octanol–water partition coefficient (Wildman–Crippen LogP) is 2.91. The van der Waals surface area contributed by atoms with Crippen molar-refractivity contribution in [2.24, 2.45) is 11.3 Å². The minimum Gasteiger partial charge on any atom is -0.480 e. The lowest BCUT2D eigenvalue weighted by atomic mass is 9.98. The van der Waals surface area contributed by atoms with Gasteiger partial charge in [0.25, 0.3) is 0 Å². The van der Waals surface area contributed by atoms with E-state index in [2.05, 4.69) is 34.9 Å². The van der Waals surface area contributed by atoms with Crippen molar-refractivity contribution in [2.75, 3.05) is 26.4 Å². The van der Waals surface area contributed by atoms with E-state index in [1.54, 1.807) is 0 Å². The quantitative estimate of drug-likeness (QED) is 0.492. The van der Waals surface area contributed by atoms with Crippen LogP contribution in [-0.4, -0.2) is 55.5 Å². The van der Waals surface area contributed by atoms with Gasteiger partial charge in [-0.15, -0.1) is 0 Å². The van der Waals surface area contributed by atoms with Gasteiger partial charge in [-0.05, 0) is 47.4 Å². The number of carboxylic acids is 1. The number of rotatable bonds is 9. The van der Waals surface area contributed by atoms with E-state index >= 15 is 0 Å². The summed E-state index contributed by atoms with van der Waals surface area (Å²) in [6, 6.07) is 16.3. The number of carbonyl (C=O) groups is 3. The number of nitrogens with one attached hydrogen (secondary N) is 2. The molecule has 2 amide bonds. The molecule has 0 aliphatic heterocycles. The second kappa shape index (κ2) is 9.10. The topological polar surface area (TPSA) is 114 Å². The van der Waals surface area contributed by atoms with Crippen LogP contribution in [0.1, 0.15) is 36.3 Å². The highest BCUT2D eigenvalue weighted by Crippen LogP contribution is 2.63. The normalized spacial score (nSPS) is 24.0. The van der Waals surface area contributed by atoms with E-state index in [1.807, 2.05) is 24.3 Å². The van der Waals surface area contributed by atoms with Crippen molar-refractivity contribution < 1.29 is 29.0 Å². The molecule has 0 spiro atoms. The van der Waals surface area contributed by atoms with Gasteiger partial charge in [-0.1, -0.05) is 48.5 Å².